The number of carbonyl (C=O) groups excluding carboxylic acids is 2. The summed E-state index contributed by atoms with van der Waals surface area (Å²) >= 11 is 0. The highest BCUT2D eigenvalue weighted by Gasteiger charge is 2.19. The third-order valence-electron chi connectivity index (χ3n) is 3.64. The summed E-state index contributed by atoms with van der Waals surface area (Å²) in [6.07, 6.45) is 0.0524. The van der Waals surface area contributed by atoms with Gasteiger partial charge in [0.1, 0.15) is 5.75 Å². The Morgan fingerprint density at radius 1 is 0.846 bits per heavy atom. The number of halogens is 1. The molecule has 130 valence electrons. The molecular weight excluding hydrogens is 333 g/mol. The summed E-state index contributed by atoms with van der Waals surface area (Å²) in [5.41, 5.74) is 0.730. The second kappa shape index (κ2) is 8.07. The van der Waals surface area contributed by atoms with Crippen molar-refractivity contribution in [1.82, 2.24) is 5.32 Å². The second-order valence-electron chi connectivity index (χ2n) is 5.57. The molecule has 3 aromatic rings. The molecule has 0 unspecified atom stereocenters. The van der Waals surface area contributed by atoms with Crippen LogP contribution in [0.3, 0.4) is 0 Å². The Kier molecular flexibility index (Phi) is 5.39. The van der Waals surface area contributed by atoms with E-state index in [1.54, 1.807) is 42.5 Å². The molecule has 0 spiro atoms. The maximum atomic E-state index is 14.2. The molecular formula is C21H16FNO3. The molecule has 4 nitrogen and oxygen atoms in total. The molecule has 2 amide bonds. The predicted molar refractivity (Wildman–Crippen MR) is 95.5 cm³/mol. The van der Waals surface area contributed by atoms with Crippen LogP contribution >= 0.6 is 0 Å². The van der Waals surface area contributed by atoms with Crippen LogP contribution in [0.1, 0.15) is 15.9 Å². The Morgan fingerprint density at radius 3 is 2.19 bits per heavy atom. The molecule has 0 radical (unpaired) electrons. The smallest absolute Gasteiger partial charge is 0.261 e. The maximum absolute atomic E-state index is 14.2. The summed E-state index contributed by atoms with van der Waals surface area (Å²) < 4.78 is 19.7. The number of ether oxygens (including phenoxy) is 1. The quantitative estimate of drug-likeness (QED) is 0.754. The van der Waals surface area contributed by atoms with Crippen LogP contribution in [0.2, 0.25) is 0 Å². The minimum atomic E-state index is -0.712. The molecule has 1 N–H and O–H groups in total. The maximum Gasteiger partial charge on any atom is 0.261 e. The zero-order valence-corrected chi connectivity index (χ0v) is 13.8. The summed E-state index contributed by atoms with van der Waals surface area (Å²) in [6.45, 7) is 0. The Labute approximate surface area is 150 Å². The van der Waals surface area contributed by atoms with Gasteiger partial charge in [0.05, 0.1) is 12.0 Å². The van der Waals surface area contributed by atoms with Crippen molar-refractivity contribution in [1.29, 1.82) is 0 Å². The Bertz CT molecular complexity index is 911. The van der Waals surface area contributed by atoms with E-state index in [4.69, 9.17) is 4.74 Å². The fourth-order valence-electron chi connectivity index (χ4n) is 2.42. The summed E-state index contributed by atoms with van der Waals surface area (Å²) in [5, 5.41) is 2.27. The van der Waals surface area contributed by atoms with Crippen LogP contribution in [0.4, 0.5) is 4.39 Å². The summed E-state index contributed by atoms with van der Waals surface area (Å²) in [7, 11) is 0. The van der Waals surface area contributed by atoms with Crippen LogP contribution in [0.25, 0.3) is 0 Å². The van der Waals surface area contributed by atoms with Crippen LogP contribution in [-0.2, 0) is 11.2 Å². The van der Waals surface area contributed by atoms with Gasteiger partial charge in [-0.25, -0.2) is 4.39 Å². The molecule has 0 bridgehead atoms. The van der Waals surface area contributed by atoms with E-state index in [0.717, 1.165) is 5.56 Å². The van der Waals surface area contributed by atoms with Crippen LogP contribution in [0.5, 0.6) is 11.5 Å². The largest absolute Gasteiger partial charge is 0.453 e. The lowest BCUT2D eigenvalue weighted by Crippen LogP contribution is -2.32. The number of para-hydroxylation sites is 2. The van der Waals surface area contributed by atoms with Gasteiger partial charge in [0, 0.05) is 0 Å². The van der Waals surface area contributed by atoms with Gasteiger partial charge in [-0.3, -0.25) is 14.9 Å². The van der Waals surface area contributed by atoms with E-state index in [1.165, 1.54) is 18.2 Å². The first kappa shape index (κ1) is 17.4. The fourth-order valence-corrected chi connectivity index (χ4v) is 2.42. The molecule has 0 aliphatic heterocycles. The SMILES string of the molecule is O=C(Cc1ccccc1)NC(=O)c1cccc(F)c1Oc1ccccc1. The zero-order valence-electron chi connectivity index (χ0n) is 13.8. The van der Waals surface area contributed by atoms with Gasteiger partial charge in [-0.05, 0) is 29.8 Å². The predicted octanol–water partition coefficient (Wildman–Crippen LogP) is 4.12. The third-order valence-corrected chi connectivity index (χ3v) is 3.64. The van der Waals surface area contributed by atoms with Gasteiger partial charge in [0.2, 0.25) is 5.91 Å². The van der Waals surface area contributed by atoms with Crippen molar-refractivity contribution in [2.45, 2.75) is 6.42 Å². The number of hydrogen-bond acceptors (Lipinski definition) is 3. The van der Waals surface area contributed by atoms with Gasteiger partial charge < -0.3 is 4.74 Å². The highest BCUT2D eigenvalue weighted by molar-refractivity contribution is 6.06. The molecule has 0 heterocycles. The van der Waals surface area contributed by atoms with E-state index in [1.807, 2.05) is 18.2 Å². The summed E-state index contributed by atoms with van der Waals surface area (Å²) in [6, 6.07) is 21.6. The minimum Gasteiger partial charge on any atom is -0.453 e. The molecule has 0 aliphatic carbocycles. The topological polar surface area (TPSA) is 55.4 Å². The average molecular weight is 349 g/mol. The van der Waals surface area contributed by atoms with Crippen LogP contribution in [-0.4, -0.2) is 11.8 Å². The van der Waals surface area contributed by atoms with Crippen LogP contribution < -0.4 is 10.1 Å². The first-order valence-electron chi connectivity index (χ1n) is 8.03. The van der Waals surface area contributed by atoms with Gasteiger partial charge in [-0.1, -0.05) is 54.6 Å². The van der Waals surface area contributed by atoms with Gasteiger partial charge >= 0.3 is 0 Å². The Morgan fingerprint density at radius 2 is 1.50 bits per heavy atom. The number of rotatable bonds is 5. The van der Waals surface area contributed by atoms with Gasteiger partial charge in [0.25, 0.3) is 5.91 Å². The normalized spacial score (nSPS) is 10.2. The lowest BCUT2D eigenvalue weighted by Gasteiger charge is -2.12. The van der Waals surface area contributed by atoms with Gasteiger partial charge in [-0.2, -0.15) is 0 Å². The lowest BCUT2D eigenvalue weighted by molar-refractivity contribution is -0.119. The highest BCUT2D eigenvalue weighted by Crippen LogP contribution is 2.28. The number of imide groups is 1. The average Bonchev–Trinajstić information content (AvgIpc) is 2.65. The number of amides is 2. The van der Waals surface area contributed by atoms with Crippen molar-refractivity contribution in [2.24, 2.45) is 0 Å². The molecule has 3 aromatic carbocycles. The van der Waals surface area contributed by atoms with Crippen molar-refractivity contribution in [3.63, 3.8) is 0 Å². The number of carbonyl (C=O) groups is 2. The molecule has 0 saturated heterocycles. The minimum absolute atomic E-state index is 0.0461. The van der Waals surface area contributed by atoms with Crippen molar-refractivity contribution in [2.75, 3.05) is 0 Å². The standard InChI is InChI=1S/C21H16FNO3/c22-18-13-7-12-17(20(18)26-16-10-5-2-6-11-16)21(25)23-19(24)14-15-8-3-1-4-9-15/h1-13H,14H2,(H,23,24,25). The zero-order chi connectivity index (χ0) is 18.4. The molecule has 0 atom stereocenters. The van der Waals surface area contributed by atoms with E-state index in [0.29, 0.717) is 5.75 Å². The number of hydrogen-bond donors (Lipinski definition) is 1. The van der Waals surface area contributed by atoms with Crippen LogP contribution in [0, 0.1) is 5.82 Å². The second-order valence-corrected chi connectivity index (χ2v) is 5.57. The van der Waals surface area contributed by atoms with Crippen LogP contribution in [0.15, 0.2) is 78.9 Å². The lowest BCUT2D eigenvalue weighted by atomic mass is 10.1. The number of nitrogens with one attached hydrogen (secondary N) is 1. The summed E-state index contributed by atoms with van der Waals surface area (Å²) in [5.74, 6) is -1.70. The van der Waals surface area contributed by atoms with Gasteiger partial charge in [-0.15, -0.1) is 0 Å². The first-order valence-corrected chi connectivity index (χ1v) is 8.03. The van der Waals surface area contributed by atoms with E-state index in [9.17, 15) is 14.0 Å². The fraction of sp³-hybridized carbons (Fsp3) is 0.0476. The van der Waals surface area contributed by atoms with Gasteiger partial charge in [0.15, 0.2) is 11.6 Å². The molecule has 0 aromatic heterocycles. The molecule has 0 saturated carbocycles. The molecule has 5 heteroatoms. The van der Waals surface area contributed by atoms with E-state index in [-0.39, 0.29) is 17.7 Å². The van der Waals surface area contributed by atoms with Crippen molar-refractivity contribution >= 4 is 11.8 Å². The highest BCUT2D eigenvalue weighted by atomic mass is 19.1. The van der Waals surface area contributed by atoms with Crippen molar-refractivity contribution in [3.8, 4) is 11.5 Å². The monoisotopic (exact) mass is 349 g/mol. The number of benzene rings is 3. The molecule has 26 heavy (non-hydrogen) atoms. The first-order chi connectivity index (χ1) is 12.6. The van der Waals surface area contributed by atoms with E-state index in [2.05, 4.69) is 5.32 Å². The molecule has 3 rings (SSSR count). The third kappa shape index (κ3) is 4.33. The van der Waals surface area contributed by atoms with E-state index >= 15 is 0 Å². The van der Waals surface area contributed by atoms with Crippen molar-refractivity contribution in [3.05, 3.63) is 95.8 Å². The van der Waals surface area contributed by atoms with E-state index < -0.39 is 17.6 Å². The van der Waals surface area contributed by atoms with Crippen molar-refractivity contribution < 1.29 is 18.7 Å². The Balaban J connectivity index is 1.77. The molecule has 0 fully saturated rings. The summed E-state index contributed by atoms with van der Waals surface area (Å²) in [4.78, 5) is 24.5. The Hall–Kier alpha value is -3.47. The molecule has 0 aliphatic rings.